The molecule has 2 N–H and O–H groups in total. The molecule has 2 rings (SSSR count). The SMILES string of the molecule is CCC(NC(=O)NCCn1cc([N+](=O)[O-])cn1)c1c(C)nn(C)c1C. The maximum Gasteiger partial charge on any atom is 0.315 e. The van der Waals surface area contributed by atoms with Gasteiger partial charge in [0.2, 0.25) is 0 Å². The third kappa shape index (κ3) is 4.34. The summed E-state index contributed by atoms with van der Waals surface area (Å²) in [7, 11) is 1.88. The largest absolute Gasteiger partial charge is 0.336 e. The van der Waals surface area contributed by atoms with Crippen LogP contribution in [0.1, 0.15) is 36.3 Å². The molecule has 0 spiro atoms. The van der Waals surface area contributed by atoms with Crippen molar-refractivity contribution in [3.8, 4) is 0 Å². The van der Waals surface area contributed by atoms with Crippen molar-refractivity contribution < 1.29 is 9.72 Å². The molecule has 2 aromatic heterocycles. The van der Waals surface area contributed by atoms with E-state index in [1.165, 1.54) is 17.1 Å². The van der Waals surface area contributed by atoms with Crippen LogP contribution in [0.2, 0.25) is 0 Å². The Morgan fingerprint density at radius 3 is 2.68 bits per heavy atom. The van der Waals surface area contributed by atoms with Gasteiger partial charge in [-0.1, -0.05) is 6.92 Å². The molecule has 1 unspecified atom stereocenters. The summed E-state index contributed by atoms with van der Waals surface area (Å²) in [5, 5.41) is 24.6. The van der Waals surface area contributed by atoms with Crippen LogP contribution in [0.4, 0.5) is 10.5 Å². The molecule has 0 aliphatic heterocycles. The van der Waals surface area contributed by atoms with Crippen LogP contribution in [-0.4, -0.2) is 37.1 Å². The average Bonchev–Trinajstić information content (AvgIpc) is 3.11. The van der Waals surface area contributed by atoms with Crippen molar-refractivity contribution in [3.05, 3.63) is 39.5 Å². The lowest BCUT2D eigenvalue weighted by Gasteiger charge is -2.18. The number of hydrogen-bond acceptors (Lipinski definition) is 5. The van der Waals surface area contributed by atoms with Gasteiger partial charge in [0.15, 0.2) is 0 Å². The summed E-state index contributed by atoms with van der Waals surface area (Å²) in [6.45, 7) is 6.56. The molecule has 0 saturated heterocycles. The molecule has 1 atom stereocenters. The first kappa shape index (κ1) is 18.4. The monoisotopic (exact) mass is 349 g/mol. The smallest absolute Gasteiger partial charge is 0.315 e. The molecule has 0 aliphatic rings. The number of nitrogens with one attached hydrogen (secondary N) is 2. The van der Waals surface area contributed by atoms with Crippen molar-refractivity contribution in [2.45, 2.75) is 39.8 Å². The fourth-order valence-corrected chi connectivity index (χ4v) is 2.74. The molecule has 25 heavy (non-hydrogen) atoms. The minimum absolute atomic E-state index is 0.0713. The number of aryl methyl sites for hydroxylation is 2. The van der Waals surface area contributed by atoms with Crippen molar-refractivity contribution >= 4 is 11.7 Å². The lowest BCUT2D eigenvalue weighted by molar-refractivity contribution is -0.385. The highest BCUT2D eigenvalue weighted by atomic mass is 16.6. The summed E-state index contributed by atoms with van der Waals surface area (Å²) in [5.74, 6) is 0. The summed E-state index contributed by atoms with van der Waals surface area (Å²) < 4.78 is 3.22. The molecule has 136 valence electrons. The van der Waals surface area contributed by atoms with Crippen LogP contribution in [-0.2, 0) is 13.6 Å². The number of amides is 2. The molecule has 0 radical (unpaired) electrons. The number of carbonyl (C=O) groups excluding carboxylic acids is 1. The third-order valence-corrected chi connectivity index (χ3v) is 4.08. The van der Waals surface area contributed by atoms with Crippen molar-refractivity contribution in [2.24, 2.45) is 7.05 Å². The van der Waals surface area contributed by atoms with Crippen LogP contribution in [0, 0.1) is 24.0 Å². The van der Waals surface area contributed by atoms with Gasteiger partial charge in [0.1, 0.15) is 12.4 Å². The van der Waals surface area contributed by atoms with E-state index in [0.717, 1.165) is 23.4 Å². The Morgan fingerprint density at radius 2 is 2.16 bits per heavy atom. The number of carbonyl (C=O) groups is 1. The van der Waals surface area contributed by atoms with Crippen LogP contribution in [0.5, 0.6) is 0 Å². The summed E-state index contributed by atoms with van der Waals surface area (Å²) >= 11 is 0. The highest BCUT2D eigenvalue weighted by molar-refractivity contribution is 5.74. The molecule has 0 aromatic carbocycles. The fraction of sp³-hybridized carbons (Fsp3) is 0.533. The Morgan fingerprint density at radius 1 is 1.44 bits per heavy atom. The zero-order chi connectivity index (χ0) is 18.6. The number of aromatic nitrogens is 4. The molecule has 0 bridgehead atoms. The van der Waals surface area contributed by atoms with Crippen molar-refractivity contribution in [1.82, 2.24) is 30.2 Å². The van der Waals surface area contributed by atoms with Gasteiger partial charge in [-0.25, -0.2) is 4.79 Å². The van der Waals surface area contributed by atoms with E-state index >= 15 is 0 Å². The van der Waals surface area contributed by atoms with E-state index in [1.54, 1.807) is 4.68 Å². The van der Waals surface area contributed by atoms with Gasteiger partial charge in [-0.15, -0.1) is 0 Å². The Labute approximate surface area is 145 Å². The number of hydrogen-bond donors (Lipinski definition) is 2. The summed E-state index contributed by atoms with van der Waals surface area (Å²) in [5.41, 5.74) is 2.88. The van der Waals surface area contributed by atoms with Crippen LogP contribution in [0.15, 0.2) is 12.4 Å². The molecule has 10 heteroatoms. The molecular weight excluding hydrogens is 326 g/mol. The van der Waals surface area contributed by atoms with E-state index < -0.39 is 4.92 Å². The first-order valence-corrected chi connectivity index (χ1v) is 8.04. The van der Waals surface area contributed by atoms with E-state index in [1.807, 2.05) is 27.8 Å². The Kier molecular flexibility index (Phi) is 5.73. The molecule has 2 amide bonds. The average molecular weight is 349 g/mol. The highest BCUT2D eigenvalue weighted by Crippen LogP contribution is 2.23. The summed E-state index contributed by atoms with van der Waals surface area (Å²) in [6, 6.07) is -0.421. The van der Waals surface area contributed by atoms with Gasteiger partial charge >= 0.3 is 11.7 Å². The number of nitro groups is 1. The van der Waals surface area contributed by atoms with Crippen molar-refractivity contribution in [3.63, 3.8) is 0 Å². The minimum atomic E-state index is -0.506. The fourth-order valence-electron chi connectivity index (χ4n) is 2.74. The lowest BCUT2D eigenvalue weighted by Crippen LogP contribution is -2.39. The third-order valence-electron chi connectivity index (χ3n) is 4.08. The van der Waals surface area contributed by atoms with Gasteiger partial charge < -0.3 is 10.6 Å². The van der Waals surface area contributed by atoms with Gasteiger partial charge in [-0.3, -0.25) is 19.5 Å². The zero-order valence-electron chi connectivity index (χ0n) is 14.8. The highest BCUT2D eigenvalue weighted by Gasteiger charge is 2.20. The first-order chi connectivity index (χ1) is 11.8. The van der Waals surface area contributed by atoms with Gasteiger partial charge in [-0.05, 0) is 20.3 Å². The number of nitrogens with zero attached hydrogens (tertiary/aromatic N) is 5. The lowest BCUT2D eigenvalue weighted by atomic mass is 10.0. The second kappa shape index (κ2) is 7.77. The van der Waals surface area contributed by atoms with Crippen molar-refractivity contribution in [1.29, 1.82) is 0 Å². The molecule has 2 heterocycles. The second-order valence-electron chi connectivity index (χ2n) is 5.79. The van der Waals surface area contributed by atoms with Crippen LogP contribution in [0.3, 0.4) is 0 Å². The standard InChI is InChI=1S/C15H23N7O3/c1-5-13(14-10(2)19-20(4)11(14)3)18-15(23)16-6-7-21-9-12(8-17-21)22(24)25/h8-9,13H,5-7H2,1-4H3,(H2,16,18,23). The van der Waals surface area contributed by atoms with E-state index in [2.05, 4.69) is 20.8 Å². The van der Waals surface area contributed by atoms with E-state index in [-0.39, 0.29) is 17.8 Å². The Balaban J connectivity index is 1.88. The molecule has 0 fully saturated rings. The second-order valence-corrected chi connectivity index (χ2v) is 5.79. The van der Waals surface area contributed by atoms with Crippen LogP contribution < -0.4 is 10.6 Å². The first-order valence-electron chi connectivity index (χ1n) is 8.04. The zero-order valence-corrected chi connectivity index (χ0v) is 14.8. The molecule has 0 aliphatic carbocycles. The maximum atomic E-state index is 12.1. The topological polar surface area (TPSA) is 120 Å². The van der Waals surface area contributed by atoms with Gasteiger partial charge in [-0.2, -0.15) is 10.2 Å². The Hall–Kier alpha value is -2.91. The van der Waals surface area contributed by atoms with E-state index in [9.17, 15) is 14.9 Å². The predicted octanol–water partition coefficient (Wildman–Crippen LogP) is 1.59. The molecule has 2 aromatic rings. The molecule has 10 nitrogen and oxygen atoms in total. The van der Waals surface area contributed by atoms with Crippen LogP contribution in [0.25, 0.3) is 0 Å². The minimum Gasteiger partial charge on any atom is -0.336 e. The predicted molar refractivity (Wildman–Crippen MR) is 91.1 cm³/mol. The maximum absolute atomic E-state index is 12.1. The summed E-state index contributed by atoms with van der Waals surface area (Å²) in [4.78, 5) is 22.2. The number of urea groups is 1. The van der Waals surface area contributed by atoms with E-state index in [0.29, 0.717) is 13.1 Å². The van der Waals surface area contributed by atoms with Gasteiger partial charge in [0.25, 0.3) is 0 Å². The van der Waals surface area contributed by atoms with Crippen molar-refractivity contribution in [2.75, 3.05) is 6.54 Å². The van der Waals surface area contributed by atoms with Crippen LogP contribution >= 0.6 is 0 Å². The quantitative estimate of drug-likeness (QED) is 0.581. The number of rotatable bonds is 7. The van der Waals surface area contributed by atoms with Gasteiger partial charge in [0.05, 0.1) is 23.2 Å². The molecular formula is C15H23N7O3. The van der Waals surface area contributed by atoms with E-state index in [4.69, 9.17) is 0 Å². The normalized spacial score (nSPS) is 12.0. The van der Waals surface area contributed by atoms with Gasteiger partial charge in [0, 0.05) is 24.8 Å². The molecule has 0 saturated carbocycles. The summed E-state index contributed by atoms with van der Waals surface area (Å²) in [6.07, 6.45) is 3.25. The Bertz CT molecular complexity index is 765.